The molecule has 0 saturated heterocycles. The van der Waals surface area contributed by atoms with Crippen molar-refractivity contribution < 1.29 is 30.8 Å². The van der Waals surface area contributed by atoms with Crippen molar-refractivity contribution in [2.24, 2.45) is 0 Å². The Kier molecular flexibility index (Phi) is 5.63. The summed E-state index contributed by atoms with van der Waals surface area (Å²) < 4.78 is 68.9. The number of rotatable bonds is 5. The van der Waals surface area contributed by atoms with E-state index in [1.807, 2.05) is 0 Å². The lowest BCUT2D eigenvalue weighted by molar-refractivity contribution is -0.137. The number of benzene rings is 2. The van der Waals surface area contributed by atoms with Crippen LogP contribution in [0.15, 0.2) is 57.8 Å². The second-order valence-corrected chi connectivity index (χ2v) is 8.41. The van der Waals surface area contributed by atoms with E-state index in [-0.39, 0.29) is 22.4 Å². The number of hydrogen-bond donors (Lipinski definition) is 1. The molecule has 0 spiro atoms. The summed E-state index contributed by atoms with van der Waals surface area (Å²) in [6.45, 7) is 0. The third-order valence-electron chi connectivity index (χ3n) is 3.98. The summed E-state index contributed by atoms with van der Waals surface area (Å²) in [7, 11) is -0.795. The number of nitrogens with one attached hydrogen (secondary N) is 1. The number of alkyl halides is 3. The van der Waals surface area contributed by atoms with E-state index >= 15 is 0 Å². The molecule has 3 aromatic rings. The summed E-state index contributed by atoms with van der Waals surface area (Å²) in [5.74, 6) is -0.869. The maximum Gasteiger partial charge on any atom is 0.416 e. The normalized spacial score (nSPS) is 12.2. The van der Waals surface area contributed by atoms with Crippen LogP contribution in [0.4, 0.5) is 19.2 Å². The van der Waals surface area contributed by atoms with Crippen LogP contribution in [0.5, 0.6) is 0 Å². The molecule has 1 heterocycles. The number of carbonyl (C=O) groups excluding carboxylic acids is 1. The molecule has 0 saturated carbocycles. The summed E-state index contributed by atoms with van der Waals surface area (Å²) in [5.41, 5.74) is -0.809. The molecule has 0 aliphatic carbocycles. The number of nitrogens with zero attached hydrogens (tertiary/aromatic N) is 3. The molecule has 0 atom stereocenters. The Morgan fingerprint density at radius 3 is 2.33 bits per heavy atom. The highest BCUT2D eigenvalue weighted by atomic mass is 32.2. The minimum atomic E-state index is -4.58. The molecule has 1 aromatic heterocycles. The van der Waals surface area contributed by atoms with Crippen LogP contribution in [0.2, 0.25) is 0 Å². The van der Waals surface area contributed by atoms with Gasteiger partial charge >= 0.3 is 12.2 Å². The number of halogens is 3. The summed E-state index contributed by atoms with van der Waals surface area (Å²) in [5, 5.41) is 9.61. The van der Waals surface area contributed by atoms with Crippen molar-refractivity contribution >= 4 is 21.9 Å². The molecule has 0 unspecified atom stereocenters. The fourth-order valence-electron chi connectivity index (χ4n) is 2.38. The van der Waals surface area contributed by atoms with Crippen molar-refractivity contribution in [2.45, 2.75) is 11.1 Å². The van der Waals surface area contributed by atoms with Gasteiger partial charge in [-0.3, -0.25) is 10.1 Å². The monoisotopic (exact) mass is 440 g/mol. The van der Waals surface area contributed by atoms with E-state index in [9.17, 15) is 26.4 Å². The quantitative estimate of drug-likeness (QED) is 0.653. The zero-order valence-corrected chi connectivity index (χ0v) is 16.5. The molecule has 0 bridgehead atoms. The number of sulfonamides is 1. The van der Waals surface area contributed by atoms with Crippen LogP contribution in [-0.2, 0) is 16.2 Å². The fourth-order valence-corrected chi connectivity index (χ4v) is 3.28. The average Bonchev–Trinajstić information content (AvgIpc) is 3.16. The largest absolute Gasteiger partial charge is 0.416 e. The van der Waals surface area contributed by atoms with Gasteiger partial charge in [-0.2, -0.15) is 13.2 Å². The predicted molar refractivity (Wildman–Crippen MR) is 100 cm³/mol. The predicted octanol–water partition coefficient (Wildman–Crippen LogP) is 3.26. The molecule has 2 aromatic carbocycles. The Hall–Kier alpha value is -3.25. The molecule has 1 amide bonds. The lowest BCUT2D eigenvalue weighted by Gasteiger charge is -2.11. The molecule has 3 rings (SSSR count). The van der Waals surface area contributed by atoms with Gasteiger partial charge in [0.2, 0.25) is 15.9 Å². The molecule has 0 fully saturated rings. The minimum Gasteiger partial charge on any atom is -0.403 e. The molecule has 158 valence electrons. The number of anilines is 1. The van der Waals surface area contributed by atoms with E-state index in [1.165, 1.54) is 44.4 Å². The highest BCUT2D eigenvalue weighted by Crippen LogP contribution is 2.30. The summed E-state index contributed by atoms with van der Waals surface area (Å²) in [6, 6.07) is 9.16. The number of carbonyl (C=O) groups is 1. The van der Waals surface area contributed by atoms with Gasteiger partial charge in [-0.15, -0.1) is 5.10 Å². The first-order chi connectivity index (χ1) is 14.0. The Labute approximate surface area is 169 Å². The van der Waals surface area contributed by atoms with E-state index in [0.717, 1.165) is 16.4 Å². The Morgan fingerprint density at radius 1 is 1.07 bits per heavy atom. The van der Waals surface area contributed by atoms with Crippen molar-refractivity contribution in [3.63, 3.8) is 0 Å². The van der Waals surface area contributed by atoms with Gasteiger partial charge in [0.25, 0.3) is 5.91 Å². The highest BCUT2D eigenvalue weighted by molar-refractivity contribution is 7.89. The molecule has 0 aliphatic rings. The van der Waals surface area contributed by atoms with Gasteiger partial charge in [-0.1, -0.05) is 11.2 Å². The summed E-state index contributed by atoms with van der Waals surface area (Å²) in [6.07, 6.45) is -4.58. The van der Waals surface area contributed by atoms with Gasteiger partial charge < -0.3 is 4.42 Å². The van der Waals surface area contributed by atoms with E-state index in [4.69, 9.17) is 4.42 Å². The van der Waals surface area contributed by atoms with Gasteiger partial charge in [-0.25, -0.2) is 12.7 Å². The van der Waals surface area contributed by atoms with Crippen molar-refractivity contribution in [3.05, 3.63) is 59.7 Å². The Balaban J connectivity index is 1.76. The first-order valence-corrected chi connectivity index (χ1v) is 9.77. The highest BCUT2D eigenvalue weighted by Gasteiger charge is 2.31. The van der Waals surface area contributed by atoms with Crippen LogP contribution >= 0.6 is 0 Å². The number of amides is 1. The minimum absolute atomic E-state index is 0.0110. The van der Waals surface area contributed by atoms with E-state index < -0.39 is 27.7 Å². The van der Waals surface area contributed by atoms with Crippen LogP contribution < -0.4 is 5.32 Å². The molecule has 0 radical (unpaired) electrons. The van der Waals surface area contributed by atoms with E-state index in [2.05, 4.69) is 15.5 Å². The zero-order chi connectivity index (χ0) is 22.1. The van der Waals surface area contributed by atoms with Crippen molar-refractivity contribution in [1.82, 2.24) is 14.5 Å². The second-order valence-electron chi connectivity index (χ2n) is 6.26. The Morgan fingerprint density at radius 2 is 1.73 bits per heavy atom. The van der Waals surface area contributed by atoms with Crippen molar-refractivity contribution in [3.8, 4) is 11.5 Å². The average molecular weight is 440 g/mol. The van der Waals surface area contributed by atoms with E-state index in [0.29, 0.717) is 11.6 Å². The molecule has 8 nitrogen and oxygen atoms in total. The van der Waals surface area contributed by atoms with E-state index in [1.54, 1.807) is 0 Å². The standard InChI is InChI=1S/C18H15F3N4O4S/c1-25(2)30(27,28)14-8-6-11(7-9-14)16-23-24-17(29-16)22-15(26)12-4-3-5-13(10-12)18(19,20)21/h3-10H,1-2H3,(H,22,24,26). The SMILES string of the molecule is CN(C)S(=O)(=O)c1ccc(-c2nnc(NC(=O)c3cccc(C(F)(F)F)c3)o2)cc1. The second kappa shape index (κ2) is 7.88. The van der Waals surface area contributed by atoms with Gasteiger partial charge in [0, 0.05) is 25.2 Å². The lowest BCUT2D eigenvalue weighted by atomic mass is 10.1. The molecular weight excluding hydrogens is 425 g/mol. The third-order valence-corrected chi connectivity index (χ3v) is 5.81. The van der Waals surface area contributed by atoms with Crippen molar-refractivity contribution in [2.75, 3.05) is 19.4 Å². The van der Waals surface area contributed by atoms with Crippen LogP contribution in [-0.4, -0.2) is 42.9 Å². The lowest BCUT2D eigenvalue weighted by Crippen LogP contribution is -2.22. The first kappa shape index (κ1) is 21.5. The number of hydrogen-bond acceptors (Lipinski definition) is 6. The smallest absolute Gasteiger partial charge is 0.403 e. The molecule has 1 N–H and O–H groups in total. The van der Waals surface area contributed by atoms with Gasteiger partial charge in [0.15, 0.2) is 0 Å². The molecule has 0 aliphatic heterocycles. The zero-order valence-electron chi connectivity index (χ0n) is 15.6. The van der Waals surface area contributed by atoms with Gasteiger partial charge in [-0.05, 0) is 42.5 Å². The van der Waals surface area contributed by atoms with Crippen LogP contribution in [0.1, 0.15) is 15.9 Å². The van der Waals surface area contributed by atoms with Crippen LogP contribution in [0.25, 0.3) is 11.5 Å². The summed E-state index contributed by atoms with van der Waals surface area (Å²) in [4.78, 5) is 12.2. The first-order valence-electron chi connectivity index (χ1n) is 8.33. The van der Waals surface area contributed by atoms with Crippen LogP contribution in [0, 0.1) is 0 Å². The van der Waals surface area contributed by atoms with Crippen LogP contribution in [0.3, 0.4) is 0 Å². The van der Waals surface area contributed by atoms with Crippen molar-refractivity contribution in [1.29, 1.82) is 0 Å². The molecule has 12 heteroatoms. The van der Waals surface area contributed by atoms with Gasteiger partial charge in [0.05, 0.1) is 10.5 Å². The molecule has 30 heavy (non-hydrogen) atoms. The maximum atomic E-state index is 12.8. The summed E-state index contributed by atoms with van der Waals surface area (Å²) >= 11 is 0. The topological polar surface area (TPSA) is 105 Å². The third kappa shape index (κ3) is 4.49. The maximum absolute atomic E-state index is 12.8. The number of aromatic nitrogens is 2. The molecular formula is C18H15F3N4O4S. The fraction of sp³-hybridized carbons (Fsp3) is 0.167. The Bertz CT molecular complexity index is 1170. The van der Waals surface area contributed by atoms with Gasteiger partial charge in [0.1, 0.15) is 0 Å².